The summed E-state index contributed by atoms with van der Waals surface area (Å²) in [6.45, 7) is 3.99. The van der Waals surface area contributed by atoms with Crippen LogP contribution in [0.4, 0.5) is 0 Å². The van der Waals surface area contributed by atoms with Crippen LogP contribution in [0.1, 0.15) is 23.6 Å². The van der Waals surface area contributed by atoms with Gasteiger partial charge in [-0.3, -0.25) is 0 Å². The minimum Gasteiger partial charge on any atom is -0.506 e. The summed E-state index contributed by atoms with van der Waals surface area (Å²) < 4.78 is 0. The van der Waals surface area contributed by atoms with E-state index in [0.29, 0.717) is 21.2 Å². The molecule has 0 aliphatic carbocycles. The molecule has 0 heterocycles. The predicted octanol–water partition coefficient (Wildman–Crippen LogP) is 3.45. The molecule has 5 heteroatoms. The van der Waals surface area contributed by atoms with Gasteiger partial charge in [-0.15, -0.1) is 12.4 Å². The van der Waals surface area contributed by atoms with Gasteiger partial charge in [0.15, 0.2) is 0 Å². The van der Waals surface area contributed by atoms with Crippen LogP contribution in [0, 0.1) is 6.92 Å². The highest BCUT2D eigenvalue weighted by Crippen LogP contribution is 2.39. The van der Waals surface area contributed by atoms with Crippen LogP contribution < -0.4 is 5.73 Å². The summed E-state index contributed by atoms with van der Waals surface area (Å²) in [6, 6.07) is 0. The second-order valence-electron chi connectivity index (χ2n) is 3.12. The molecule has 0 bridgehead atoms. The molecule has 1 aromatic carbocycles. The number of hydrogen-bond acceptors (Lipinski definition) is 2. The largest absolute Gasteiger partial charge is 0.506 e. The molecule has 0 saturated carbocycles. The second kappa shape index (κ2) is 5.80. The van der Waals surface area contributed by atoms with E-state index in [1.165, 1.54) is 0 Å². The molecular weight excluding hydrogens is 256 g/mol. The first-order valence-corrected chi connectivity index (χ1v) is 5.18. The van der Waals surface area contributed by atoms with Gasteiger partial charge in [0.25, 0.3) is 0 Å². The third-order valence-electron chi connectivity index (χ3n) is 2.34. The van der Waals surface area contributed by atoms with Crippen molar-refractivity contribution in [3.63, 3.8) is 0 Å². The van der Waals surface area contributed by atoms with Crippen molar-refractivity contribution in [2.75, 3.05) is 0 Å². The van der Waals surface area contributed by atoms with Gasteiger partial charge in [-0.1, -0.05) is 30.1 Å². The van der Waals surface area contributed by atoms with Crippen molar-refractivity contribution in [1.29, 1.82) is 0 Å². The number of aromatic hydroxyl groups is 1. The van der Waals surface area contributed by atoms with Crippen LogP contribution >= 0.6 is 35.6 Å². The Kier molecular flexibility index (Phi) is 5.75. The van der Waals surface area contributed by atoms with Crippen LogP contribution in [0.15, 0.2) is 0 Å². The molecule has 86 valence electrons. The Morgan fingerprint density at radius 2 is 1.73 bits per heavy atom. The lowest BCUT2D eigenvalue weighted by Crippen LogP contribution is -2.04. The summed E-state index contributed by atoms with van der Waals surface area (Å²) >= 11 is 12.0. The topological polar surface area (TPSA) is 46.2 Å². The Morgan fingerprint density at radius 1 is 1.20 bits per heavy atom. The lowest BCUT2D eigenvalue weighted by molar-refractivity contribution is 0.467. The van der Waals surface area contributed by atoms with Crippen molar-refractivity contribution >= 4 is 35.6 Å². The van der Waals surface area contributed by atoms with Gasteiger partial charge in [0.2, 0.25) is 0 Å². The molecule has 0 aromatic heterocycles. The van der Waals surface area contributed by atoms with Crippen molar-refractivity contribution in [1.82, 2.24) is 0 Å². The number of benzene rings is 1. The highest BCUT2D eigenvalue weighted by Gasteiger charge is 2.17. The summed E-state index contributed by atoms with van der Waals surface area (Å²) in [5, 5.41) is 10.7. The first kappa shape index (κ1) is 14.8. The third kappa shape index (κ3) is 2.51. The van der Waals surface area contributed by atoms with E-state index < -0.39 is 0 Å². The lowest BCUT2D eigenvalue weighted by atomic mass is 10.0. The summed E-state index contributed by atoms with van der Waals surface area (Å²) in [5.41, 5.74) is 7.78. The average Bonchev–Trinajstić information content (AvgIpc) is 2.20. The first-order valence-electron chi connectivity index (χ1n) is 4.42. The van der Waals surface area contributed by atoms with Gasteiger partial charge >= 0.3 is 0 Å². The van der Waals surface area contributed by atoms with Gasteiger partial charge in [-0.25, -0.2) is 0 Å². The molecule has 0 fully saturated rings. The molecule has 3 N–H and O–H groups in total. The van der Waals surface area contributed by atoms with E-state index >= 15 is 0 Å². The maximum Gasteiger partial charge on any atom is 0.139 e. The maximum absolute atomic E-state index is 9.74. The van der Waals surface area contributed by atoms with Crippen LogP contribution in [-0.4, -0.2) is 5.11 Å². The molecule has 0 unspecified atom stereocenters. The Balaban J connectivity index is 0.00000196. The number of phenols is 1. The third-order valence-corrected chi connectivity index (χ3v) is 3.31. The number of rotatable bonds is 2. The van der Waals surface area contributed by atoms with Gasteiger partial charge in [-0.2, -0.15) is 0 Å². The van der Waals surface area contributed by atoms with E-state index in [4.69, 9.17) is 28.9 Å². The fraction of sp³-hybridized carbons (Fsp3) is 0.400. The number of nitrogens with two attached hydrogens (primary N) is 1. The van der Waals surface area contributed by atoms with E-state index in [9.17, 15) is 5.11 Å². The molecule has 0 spiro atoms. The molecule has 0 aliphatic rings. The summed E-state index contributed by atoms with van der Waals surface area (Å²) in [6.07, 6.45) is 0.733. The van der Waals surface area contributed by atoms with Crippen molar-refractivity contribution < 1.29 is 5.11 Å². The van der Waals surface area contributed by atoms with Gasteiger partial charge < -0.3 is 10.8 Å². The fourth-order valence-corrected chi connectivity index (χ4v) is 2.10. The monoisotopic (exact) mass is 269 g/mol. The summed E-state index contributed by atoms with van der Waals surface area (Å²) in [4.78, 5) is 0. The van der Waals surface area contributed by atoms with E-state index in [-0.39, 0.29) is 24.7 Å². The Labute approximate surface area is 106 Å². The predicted molar refractivity (Wildman–Crippen MR) is 67.4 cm³/mol. The van der Waals surface area contributed by atoms with Crippen molar-refractivity contribution in [3.8, 4) is 5.75 Å². The first-order chi connectivity index (χ1) is 6.54. The molecule has 0 saturated heterocycles. The van der Waals surface area contributed by atoms with Gasteiger partial charge in [0.1, 0.15) is 5.75 Å². The molecule has 2 nitrogen and oxygen atoms in total. The second-order valence-corrected chi connectivity index (χ2v) is 3.87. The van der Waals surface area contributed by atoms with Crippen LogP contribution in [0.25, 0.3) is 0 Å². The molecule has 15 heavy (non-hydrogen) atoms. The Bertz CT molecular complexity index is 331. The van der Waals surface area contributed by atoms with E-state index in [1.54, 1.807) is 6.92 Å². The van der Waals surface area contributed by atoms with Crippen LogP contribution in [0.5, 0.6) is 5.75 Å². The molecule has 0 atom stereocenters. The number of halogens is 3. The summed E-state index contributed by atoms with van der Waals surface area (Å²) in [7, 11) is 0. The van der Waals surface area contributed by atoms with Gasteiger partial charge in [0, 0.05) is 17.1 Å². The standard InChI is InChI=1S/C10H13Cl2NO.ClH/c1-3-6-7(4-13)10(14)9(12)5(2)8(6)11;/h14H,3-4,13H2,1-2H3;1H. The minimum absolute atomic E-state index is 0. The van der Waals surface area contributed by atoms with Crippen LogP contribution in [0.2, 0.25) is 10.0 Å². The minimum atomic E-state index is 0. The molecule has 0 amide bonds. The fourth-order valence-electron chi connectivity index (χ4n) is 1.50. The smallest absolute Gasteiger partial charge is 0.139 e. The zero-order valence-electron chi connectivity index (χ0n) is 8.60. The van der Waals surface area contributed by atoms with Crippen molar-refractivity contribution in [2.45, 2.75) is 26.8 Å². The van der Waals surface area contributed by atoms with E-state index in [1.807, 2.05) is 6.92 Å². The normalized spacial score (nSPS) is 9.93. The average molecular weight is 271 g/mol. The zero-order valence-corrected chi connectivity index (χ0v) is 10.9. The molecular formula is C10H14Cl3NO. The van der Waals surface area contributed by atoms with E-state index in [2.05, 4.69) is 0 Å². The quantitative estimate of drug-likeness (QED) is 0.864. The zero-order chi connectivity index (χ0) is 10.9. The van der Waals surface area contributed by atoms with E-state index in [0.717, 1.165) is 12.0 Å². The van der Waals surface area contributed by atoms with Crippen molar-refractivity contribution in [2.24, 2.45) is 5.73 Å². The molecule has 0 radical (unpaired) electrons. The maximum atomic E-state index is 9.74. The Morgan fingerprint density at radius 3 is 2.13 bits per heavy atom. The van der Waals surface area contributed by atoms with Crippen LogP contribution in [0.3, 0.4) is 0 Å². The molecule has 1 rings (SSSR count). The molecule has 0 aliphatic heterocycles. The number of hydrogen-bond donors (Lipinski definition) is 2. The van der Waals surface area contributed by atoms with Gasteiger partial charge in [0.05, 0.1) is 5.02 Å². The summed E-state index contributed by atoms with van der Waals surface area (Å²) in [5.74, 6) is 0.0629. The number of phenolic OH excluding ortho intramolecular Hbond substituents is 1. The SMILES string of the molecule is CCc1c(Cl)c(C)c(Cl)c(O)c1CN.Cl. The Hall–Kier alpha value is -0.150. The highest BCUT2D eigenvalue weighted by atomic mass is 35.5. The molecule has 1 aromatic rings. The lowest BCUT2D eigenvalue weighted by Gasteiger charge is -2.14. The van der Waals surface area contributed by atoms with Crippen molar-refractivity contribution in [3.05, 3.63) is 26.7 Å². The van der Waals surface area contributed by atoms with Crippen LogP contribution in [-0.2, 0) is 13.0 Å². The van der Waals surface area contributed by atoms with Gasteiger partial charge in [-0.05, 0) is 24.5 Å². The highest BCUT2D eigenvalue weighted by molar-refractivity contribution is 6.37.